The molecule has 0 aliphatic carbocycles. The van der Waals surface area contributed by atoms with E-state index in [0.29, 0.717) is 17.7 Å². The van der Waals surface area contributed by atoms with Gasteiger partial charge in [-0.05, 0) is 31.4 Å². The molecule has 0 aliphatic heterocycles. The number of carbonyl (C=O) groups is 3. The molecular formula is C16H20N4O4. The molecule has 24 heavy (non-hydrogen) atoms. The molecule has 0 aromatic carbocycles. The Kier molecular flexibility index (Phi) is 6.86. The SMILES string of the molecule is Cc1nc(C(=O)NCC(=O)N[C@@H](CC(C)C)C(=O)O)ccc1C#N. The number of carboxylic acids is 1. The van der Waals surface area contributed by atoms with Crippen molar-refractivity contribution in [2.45, 2.75) is 33.2 Å². The maximum absolute atomic E-state index is 11.9. The third-order valence-corrected chi connectivity index (χ3v) is 3.19. The Morgan fingerprint density at radius 3 is 2.50 bits per heavy atom. The van der Waals surface area contributed by atoms with Crippen molar-refractivity contribution in [1.29, 1.82) is 5.26 Å². The number of carbonyl (C=O) groups excluding carboxylic acids is 2. The largest absolute Gasteiger partial charge is 0.480 e. The number of rotatable bonds is 7. The van der Waals surface area contributed by atoms with E-state index in [1.165, 1.54) is 12.1 Å². The molecule has 0 radical (unpaired) electrons. The number of hydrogen-bond acceptors (Lipinski definition) is 5. The molecule has 1 atom stereocenters. The van der Waals surface area contributed by atoms with Gasteiger partial charge >= 0.3 is 5.97 Å². The summed E-state index contributed by atoms with van der Waals surface area (Å²) in [5.41, 5.74) is 0.857. The van der Waals surface area contributed by atoms with Gasteiger partial charge in [0, 0.05) is 0 Å². The highest BCUT2D eigenvalue weighted by Crippen LogP contribution is 2.06. The minimum absolute atomic E-state index is 0.0799. The zero-order valence-electron chi connectivity index (χ0n) is 13.8. The van der Waals surface area contributed by atoms with Gasteiger partial charge in [0.2, 0.25) is 5.91 Å². The van der Waals surface area contributed by atoms with Crippen LogP contribution in [0.5, 0.6) is 0 Å². The fourth-order valence-electron chi connectivity index (χ4n) is 2.00. The number of nitrogens with zero attached hydrogens (tertiary/aromatic N) is 2. The minimum atomic E-state index is -1.12. The van der Waals surface area contributed by atoms with Crippen LogP contribution in [-0.2, 0) is 9.59 Å². The van der Waals surface area contributed by atoms with E-state index in [9.17, 15) is 14.4 Å². The molecule has 0 unspecified atom stereocenters. The van der Waals surface area contributed by atoms with Gasteiger partial charge in [0.05, 0.1) is 17.8 Å². The minimum Gasteiger partial charge on any atom is -0.480 e. The van der Waals surface area contributed by atoms with E-state index >= 15 is 0 Å². The van der Waals surface area contributed by atoms with Crippen LogP contribution in [0.25, 0.3) is 0 Å². The van der Waals surface area contributed by atoms with Gasteiger partial charge in [0.15, 0.2) is 0 Å². The maximum atomic E-state index is 11.9. The number of aromatic nitrogens is 1. The molecule has 0 bridgehead atoms. The molecule has 2 amide bonds. The van der Waals surface area contributed by atoms with E-state index in [-0.39, 0.29) is 18.2 Å². The molecule has 0 fully saturated rings. The van der Waals surface area contributed by atoms with Crippen LogP contribution in [0.3, 0.4) is 0 Å². The van der Waals surface area contributed by atoms with Crippen molar-refractivity contribution < 1.29 is 19.5 Å². The van der Waals surface area contributed by atoms with Crippen LogP contribution < -0.4 is 10.6 Å². The highest BCUT2D eigenvalue weighted by atomic mass is 16.4. The second kappa shape index (κ2) is 8.62. The van der Waals surface area contributed by atoms with Gasteiger partial charge in [-0.25, -0.2) is 9.78 Å². The summed E-state index contributed by atoms with van der Waals surface area (Å²) in [6.07, 6.45) is 0.297. The standard InChI is InChI=1S/C16H20N4O4/c1-9(2)6-13(16(23)24)20-14(21)8-18-15(22)12-5-4-11(7-17)10(3)19-12/h4-5,9,13H,6,8H2,1-3H3,(H,18,22)(H,20,21)(H,23,24)/t13-/m0/s1. The Morgan fingerprint density at radius 2 is 2.00 bits per heavy atom. The topological polar surface area (TPSA) is 132 Å². The molecule has 8 heteroatoms. The molecule has 1 heterocycles. The van der Waals surface area contributed by atoms with Crippen LogP contribution in [0.1, 0.15) is 42.0 Å². The molecule has 8 nitrogen and oxygen atoms in total. The third kappa shape index (κ3) is 5.68. The number of amides is 2. The monoisotopic (exact) mass is 332 g/mol. The van der Waals surface area contributed by atoms with E-state index < -0.39 is 23.8 Å². The molecule has 0 saturated heterocycles. The van der Waals surface area contributed by atoms with Gasteiger partial charge in [-0.3, -0.25) is 9.59 Å². The predicted octanol–water partition coefficient (Wildman–Crippen LogP) is 0.607. The van der Waals surface area contributed by atoms with Crippen LogP contribution in [0.15, 0.2) is 12.1 Å². The van der Waals surface area contributed by atoms with Crippen molar-refractivity contribution in [3.63, 3.8) is 0 Å². The van der Waals surface area contributed by atoms with E-state index in [1.807, 2.05) is 19.9 Å². The van der Waals surface area contributed by atoms with Gasteiger partial charge in [-0.2, -0.15) is 5.26 Å². The summed E-state index contributed by atoms with van der Waals surface area (Å²) in [4.78, 5) is 38.8. The lowest BCUT2D eigenvalue weighted by molar-refractivity contribution is -0.142. The molecule has 0 saturated carbocycles. The Labute approximate surface area is 139 Å². The van der Waals surface area contributed by atoms with E-state index in [1.54, 1.807) is 6.92 Å². The van der Waals surface area contributed by atoms with Gasteiger partial charge in [-0.1, -0.05) is 13.8 Å². The summed E-state index contributed by atoms with van der Waals surface area (Å²) in [5, 5.41) is 22.6. The highest BCUT2D eigenvalue weighted by molar-refractivity contribution is 5.95. The number of aliphatic carboxylic acids is 1. The van der Waals surface area contributed by atoms with Crippen LogP contribution in [0.2, 0.25) is 0 Å². The number of hydrogen-bond donors (Lipinski definition) is 3. The first-order valence-electron chi connectivity index (χ1n) is 7.42. The molecule has 128 valence electrons. The summed E-state index contributed by atoms with van der Waals surface area (Å²) in [6.45, 7) is 4.94. The Bertz CT molecular complexity index is 679. The maximum Gasteiger partial charge on any atom is 0.326 e. The summed E-state index contributed by atoms with van der Waals surface area (Å²) in [5.74, 6) is -2.19. The third-order valence-electron chi connectivity index (χ3n) is 3.19. The molecule has 1 rings (SSSR count). The van der Waals surface area contributed by atoms with E-state index in [0.717, 1.165) is 0 Å². The van der Waals surface area contributed by atoms with Crippen LogP contribution in [0.4, 0.5) is 0 Å². The van der Waals surface area contributed by atoms with Crippen LogP contribution in [-0.4, -0.2) is 40.5 Å². The van der Waals surface area contributed by atoms with Crippen LogP contribution in [0, 0.1) is 24.2 Å². The number of aryl methyl sites for hydroxylation is 1. The van der Waals surface area contributed by atoms with Crippen molar-refractivity contribution in [1.82, 2.24) is 15.6 Å². The molecule has 1 aromatic rings. The second-order valence-electron chi connectivity index (χ2n) is 5.71. The Morgan fingerprint density at radius 1 is 1.33 bits per heavy atom. The highest BCUT2D eigenvalue weighted by Gasteiger charge is 2.21. The molecular weight excluding hydrogens is 312 g/mol. The smallest absolute Gasteiger partial charge is 0.326 e. The summed E-state index contributed by atoms with van der Waals surface area (Å²) in [6, 6.07) is 3.81. The molecule has 1 aromatic heterocycles. The van der Waals surface area contributed by atoms with Gasteiger partial charge in [0.1, 0.15) is 17.8 Å². The molecule has 3 N–H and O–H groups in total. The van der Waals surface area contributed by atoms with Crippen molar-refractivity contribution in [2.24, 2.45) is 5.92 Å². The van der Waals surface area contributed by atoms with Gasteiger partial charge < -0.3 is 15.7 Å². The fourth-order valence-corrected chi connectivity index (χ4v) is 2.00. The lowest BCUT2D eigenvalue weighted by Crippen LogP contribution is -2.46. The first-order chi connectivity index (χ1) is 11.2. The number of nitrogens with one attached hydrogen (secondary N) is 2. The van der Waals surface area contributed by atoms with Crippen molar-refractivity contribution in [3.8, 4) is 6.07 Å². The normalized spacial score (nSPS) is 11.5. The molecule has 0 aliphatic rings. The zero-order chi connectivity index (χ0) is 18.3. The van der Waals surface area contributed by atoms with Gasteiger partial charge in [0.25, 0.3) is 5.91 Å². The number of nitriles is 1. The Balaban J connectivity index is 2.60. The van der Waals surface area contributed by atoms with Crippen molar-refractivity contribution >= 4 is 17.8 Å². The fraction of sp³-hybridized carbons (Fsp3) is 0.438. The number of carboxylic acid groups (broad SMARTS) is 1. The average molecular weight is 332 g/mol. The zero-order valence-corrected chi connectivity index (χ0v) is 13.8. The Hall–Kier alpha value is -2.95. The van der Waals surface area contributed by atoms with Crippen molar-refractivity contribution in [2.75, 3.05) is 6.54 Å². The second-order valence-corrected chi connectivity index (χ2v) is 5.71. The summed E-state index contributed by atoms with van der Waals surface area (Å²) < 4.78 is 0. The summed E-state index contributed by atoms with van der Waals surface area (Å²) in [7, 11) is 0. The first-order valence-corrected chi connectivity index (χ1v) is 7.42. The van der Waals surface area contributed by atoms with Crippen molar-refractivity contribution in [3.05, 3.63) is 29.1 Å². The van der Waals surface area contributed by atoms with E-state index in [2.05, 4.69) is 15.6 Å². The van der Waals surface area contributed by atoms with Crippen LogP contribution >= 0.6 is 0 Å². The predicted molar refractivity (Wildman–Crippen MR) is 85.0 cm³/mol. The van der Waals surface area contributed by atoms with Gasteiger partial charge in [-0.15, -0.1) is 0 Å². The first kappa shape index (κ1) is 19.1. The lowest BCUT2D eigenvalue weighted by atomic mass is 10.0. The quantitative estimate of drug-likeness (QED) is 0.670. The lowest BCUT2D eigenvalue weighted by Gasteiger charge is -2.16. The molecule has 0 spiro atoms. The summed E-state index contributed by atoms with van der Waals surface area (Å²) >= 11 is 0. The average Bonchev–Trinajstić information content (AvgIpc) is 2.51. The van der Waals surface area contributed by atoms with E-state index in [4.69, 9.17) is 10.4 Å². The number of pyridine rings is 1.